The summed E-state index contributed by atoms with van der Waals surface area (Å²) in [5.74, 6) is -0.142. The van der Waals surface area contributed by atoms with E-state index in [-0.39, 0.29) is 34.5 Å². The molecule has 1 aliphatic rings. The van der Waals surface area contributed by atoms with Crippen LogP contribution in [0.1, 0.15) is 10.4 Å². The highest BCUT2D eigenvalue weighted by molar-refractivity contribution is 7.92. The molecule has 2 N–H and O–H groups in total. The summed E-state index contributed by atoms with van der Waals surface area (Å²) in [6.07, 6.45) is 0. The molecule has 1 amide bonds. The molecular formula is C27H29ClFN5O4S2. The molecule has 0 radical (unpaired) electrons. The molecule has 1 saturated heterocycles. The minimum absolute atomic E-state index is 0. The van der Waals surface area contributed by atoms with Gasteiger partial charge < -0.3 is 15.0 Å². The maximum absolute atomic E-state index is 13.2. The molecule has 212 valence electrons. The number of aromatic nitrogens is 1. The molecule has 3 aromatic carbocycles. The van der Waals surface area contributed by atoms with Crippen LogP contribution in [-0.4, -0.2) is 70.6 Å². The molecule has 40 heavy (non-hydrogen) atoms. The summed E-state index contributed by atoms with van der Waals surface area (Å²) >= 11 is 1.65. The Bertz CT molecular complexity index is 1580. The third kappa shape index (κ3) is 6.64. The Morgan fingerprint density at radius 3 is 2.48 bits per heavy atom. The molecule has 1 aromatic heterocycles. The van der Waals surface area contributed by atoms with Crippen LogP contribution in [-0.2, 0) is 10.0 Å². The van der Waals surface area contributed by atoms with E-state index in [1.165, 1.54) is 18.2 Å². The van der Waals surface area contributed by atoms with Gasteiger partial charge in [0.25, 0.3) is 15.9 Å². The van der Waals surface area contributed by atoms with Crippen LogP contribution in [0.4, 0.5) is 15.2 Å². The van der Waals surface area contributed by atoms with E-state index in [9.17, 15) is 17.6 Å². The molecule has 0 aliphatic carbocycles. The monoisotopic (exact) mass is 605 g/mol. The van der Waals surface area contributed by atoms with Crippen molar-refractivity contribution in [3.05, 3.63) is 78.1 Å². The first-order valence-corrected chi connectivity index (χ1v) is 14.7. The van der Waals surface area contributed by atoms with Crippen molar-refractivity contribution in [2.75, 3.05) is 56.0 Å². The van der Waals surface area contributed by atoms with E-state index < -0.39 is 15.8 Å². The summed E-state index contributed by atoms with van der Waals surface area (Å²) in [5, 5.41) is 3.86. The van der Waals surface area contributed by atoms with E-state index in [0.29, 0.717) is 13.1 Å². The number of methoxy groups -OCH3 is 1. The highest BCUT2D eigenvalue weighted by Crippen LogP contribution is 2.34. The Morgan fingerprint density at radius 1 is 1.02 bits per heavy atom. The van der Waals surface area contributed by atoms with Crippen molar-refractivity contribution in [2.45, 2.75) is 4.90 Å². The molecular weight excluding hydrogens is 577 g/mol. The van der Waals surface area contributed by atoms with Crippen LogP contribution in [0.25, 0.3) is 10.2 Å². The number of ether oxygens (including phenoxy) is 1. The van der Waals surface area contributed by atoms with Crippen LogP contribution in [0.2, 0.25) is 0 Å². The first kappa shape index (κ1) is 29.5. The highest BCUT2D eigenvalue weighted by atomic mass is 35.5. The second-order valence-electron chi connectivity index (χ2n) is 8.99. The Labute approximate surface area is 242 Å². The molecule has 5 rings (SSSR count). The van der Waals surface area contributed by atoms with E-state index in [1.807, 2.05) is 18.2 Å². The average Bonchev–Trinajstić information content (AvgIpc) is 3.38. The lowest BCUT2D eigenvalue weighted by atomic mass is 10.1. The fraction of sp³-hybridized carbons (Fsp3) is 0.259. The van der Waals surface area contributed by atoms with E-state index in [1.54, 1.807) is 36.6 Å². The van der Waals surface area contributed by atoms with Crippen LogP contribution in [0.5, 0.6) is 5.75 Å². The van der Waals surface area contributed by atoms with Gasteiger partial charge in [0, 0.05) is 39.3 Å². The smallest absolute Gasteiger partial charge is 0.261 e. The molecule has 0 spiro atoms. The lowest BCUT2D eigenvalue weighted by Gasteiger charge is -2.34. The van der Waals surface area contributed by atoms with Crippen LogP contribution in [0.3, 0.4) is 0 Å². The average molecular weight is 606 g/mol. The minimum Gasteiger partial charge on any atom is -0.494 e. The second kappa shape index (κ2) is 12.8. The van der Waals surface area contributed by atoms with Crippen LogP contribution in [0, 0.1) is 5.82 Å². The first-order chi connectivity index (χ1) is 18.8. The zero-order chi connectivity index (χ0) is 27.4. The maximum atomic E-state index is 13.2. The van der Waals surface area contributed by atoms with Crippen molar-refractivity contribution >= 4 is 60.7 Å². The fourth-order valence-electron chi connectivity index (χ4n) is 4.38. The van der Waals surface area contributed by atoms with E-state index in [4.69, 9.17) is 9.72 Å². The number of carbonyl (C=O) groups is 1. The third-order valence-corrected chi connectivity index (χ3v) is 8.95. The third-order valence-electron chi connectivity index (χ3n) is 6.49. The quantitative estimate of drug-likeness (QED) is 0.294. The van der Waals surface area contributed by atoms with Gasteiger partial charge in [-0.1, -0.05) is 29.5 Å². The van der Waals surface area contributed by atoms with Gasteiger partial charge in [-0.2, -0.15) is 0 Å². The topological polar surface area (TPSA) is 104 Å². The van der Waals surface area contributed by atoms with Crippen molar-refractivity contribution in [1.82, 2.24) is 15.2 Å². The molecule has 4 aromatic rings. The number of halogens is 2. The summed E-state index contributed by atoms with van der Waals surface area (Å²) in [7, 11) is -2.34. The summed E-state index contributed by atoms with van der Waals surface area (Å²) < 4.78 is 47.6. The SMILES string of the molecule is COc1cccc2sc(N3CCN(CCNC(=O)c4ccccc4NS(=O)(=O)c4ccc(F)cc4)CC3)nc12.Cl. The number of hydrogen-bond donors (Lipinski definition) is 2. The van der Waals surface area contributed by atoms with Gasteiger partial charge in [0.05, 0.1) is 28.0 Å². The van der Waals surface area contributed by atoms with E-state index in [0.717, 1.165) is 59.4 Å². The van der Waals surface area contributed by atoms with Gasteiger partial charge in [0.1, 0.15) is 17.1 Å². The molecule has 1 fully saturated rings. The molecule has 1 aliphatic heterocycles. The number of para-hydroxylation sites is 2. The van der Waals surface area contributed by atoms with Crippen molar-refractivity contribution in [2.24, 2.45) is 0 Å². The lowest BCUT2D eigenvalue weighted by molar-refractivity contribution is 0.0948. The standard InChI is InChI=1S/C27H28FN5O4S2.ClH/c1-37-23-7-4-8-24-25(23)30-27(38-24)33-17-15-32(16-18-33)14-13-29-26(34)21-5-2-3-6-22(21)31-39(35,36)20-11-9-19(28)10-12-20;/h2-12,31H,13-18H2,1H3,(H,29,34);1H. The summed E-state index contributed by atoms with van der Waals surface area (Å²) in [6, 6.07) is 16.8. The van der Waals surface area contributed by atoms with Gasteiger partial charge in [-0.25, -0.2) is 17.8 Å². The predicted octanol–water partition coefficient (Wildman–Crippen LogP) is 4.22. The zero-order valence-electron chi connectivity index (χ0n) is 21.7. The molecule has 0 unspecified atom stereocenters. The Morgan fingerprint density at radius 2 is 1.75 bits per heavy atom. The van der Waals surface area contributed by atoms with E-state index >= 15 is 0 Å². The Balaban J connectivity index is 0.00000370. The number of fused-ring (bicyclic) bond motifs is 1. The predicted molar refractivity (Wildman–Crippen MR) is 158 cm³/mol. The number of thiazole rings is 1. The molecule has 0 atom stereocenters. The summed E-state index contributed by atoms with van der Waals surface area (Å²) in [6.45, 7) is 4.38. The molecule has 13 heteroatoms. The highest BCUT2D eigenvalue weighted by Gasteiger charge is 2.22. The maximum Gasteiger partial charge on any atom is 0.261 e. The summed E-state index contributed by atoms with van der Waals surface area (Å²) in [4.78, 5) is 22.1. The van der Waals surface area contributed by atoms with Crippen LogP contribution >= 0.6 is 23.7 Å². The fourth-order valence-corrected chi connectivity index (χ4v) is 6.50. The van der Waals surface area contributed by atoms with Crippen LogP contribution < -0.4 is 19.7 Å². The number of nitrogens with zero attached hydrogens (tertiary/aromatic N) is 3. The number of nitrogens with one attached hydrogen (secondary N) is 2. The van der Waals surface area contributed by atoms with Gasteiger partial charge in [-0.15, -0.1) is 12.4 Å². The number of amides is 1. The number of benzene rings is 3. The van der Waals surface area contributed by atoms with Crippen molar-refractivity contribution in [3.8, 4) is 5.75 Å². The second-order valence-corrected chi connectivity index (χ2v) is 11.7. The number of piperazine rings is 1. The van der Waals surface area contributed by atoms with Crippen molar-refractivity contribution in [1.29, 1.82) is 0 Å². The number of rotatable bonds is 9. The first-order valence-electron chi connectivity index (χ1n) is 12.4. The number of carbonyl (C=O) groups excluding carboxylic acids is 1. The van der Waals surface area contributed by atoms with Crippen LogP contribution in [0.15, 0.2) is 71.6 Å². The van der Waals surface area contributed by atoms with Gasteiger partial charge in [0.2, 0.25) is 0 Å². The van der Waals surface area contributed by atoms with Crippen molar-refractivity contribution in [3.63, 3.8) is 0 Å². The Kier molecular flexibility index (Phi) is 9.46. The normalized spacial score (nSPS) is 14.0. The minimum atomic E-state index is -3.99. The summed E-state index contributed by atoms with van der Waals surface area (Å²) in [5.41, 5.74) is 1.24. The van der Waals surface area contributed by atoms with Gasteiger partial charge in [-0.05, 0) is 48.5 Å². The molecule has 2 heterocycles. The molecule has 9 nitrogen and oxygen atoms in total. The number of hydrogen-bond acceptors (Lipinski definition) is 8. The molecule has 0 bridgehead atoms. The van der Waals surface area contributed by atoms with Crippen molar-refractivity contribution < 1.29 is 22.3 Å². The van der Waals surface area contributed by atoms with Gasteiger partial charge >= 0.3 is 0 Å². The largest absolute Gasteiger partial charge is 0.494 e. The zero-order valence-corrected chi connectivity index (χ0v) is 24.1. The Hall–Kier alpha value is -3.45. The van der Waals surface area contributed by atoms with Gasteiger partial charge in [-0.3, -0.25) is 14.4 Å². The lowest BCUT2D eigenvalue weighted by Crippen LogP contribution is -2.48. The van der Waals surface area contributed by atoms with E-state index in [2.05, 4.69) is 19.8 Å². The van der Waals surface area contributed by atoms with Gasteiger partial charge in [0.15, 0.2) is 5.13 Å². The number of anilines is 2. The molecule has 0 saturated carbocycles. The number of sulfonamides is 1.